The van der Waals surface area contributed by atoms with Gasteiger partial charge in [-0.1, -0.05) is 18.5 Å². The number of aromatic nitrogens is 2. The lowest BCUT2D eigenvalue weighted by Gasteiger charge is -2.14. The summed E-state index contributed by atoms with van der Waals surface area (Å²) in [6, 6.07) is 0. The Balaban J connectivity index is 1.97. The molecule has 0 spiro atoms. The van der Waals surface area contributed by atoms with E-state index in [9.17, 15) is 5.11 Å². The number of rotatable bonds is 7. The number of hydrogen-bond donors (Lipinski definition) is 3. The van der Waals surface area contributed by atoms with Gasteiger partial charge in [0.25, 0.3) is 0 Å². The summed E-state index contributed by atoms with van der Waals surface area (Å²) in [5, 5.41) is 16.1. The lowest BCUT2D eigenvalue weighted by Crippen LogP contribution is -2.20. The second-order valence-corrected chi connectivity index (χ2v) is 5.24. The van der Waals surface area contributed by atoms with Crippen LogP contribution < -0.4 is 10.6 Å². The molecule has 0 aliphatic heterocycles. The molecule has 0 saturated heterocycles. The van der Waals surface area contributed by atoms with E-state index < -0.39 is 0 Å². The second kappa shape index (κ2) is 5.71. The Hall–Kier alpha value is -1.07. The van der Waals surface area contributed by atoms with Crippen molar-refractivity contribution in [3.63, 3.8) is 0 Å². The summed E-state index contributed by atoms with van der Waals surface area (Å²) in [5.41, 5.74) is 0.0330. The molecule has 1 aromatic rings. The minimum absolute atomic E-state index is 0.0330. The third-order valence-electron chi connectivity index (χ3n) is 3.20. The zero-order valence-electron chi connectivity index (χ0n) is 10.5. The maximum Gasteiger partial charge on any atom is 0.224 e. The molecule has 1 aliphatic rings. The molecule has 0 radical (unpaired) electrons. The van der Waals surface area contributed by atoms with E-state index in [1.165, 1.54) is 0 Å². The highest BCUT2D eigenvalue weighted by Gasteiger charge is 2.41. The van der Waals surface area contributed by atoms with E-state index in [0.29, 0.717) is 23.3 Å². The van der Waals surface area contributed by atoms with Crippen LogP contribution >= 0.6 is 11.6 Å². The van der Waals surface area contributed by atoms with Crippen molar-refractivity contribution in [3.8, 4) is 0 Å². The molecule has 1 fully saturated rings. The molecule has 1 aromatic heterocycles. The number of hydrogen-bond acceptors (Lipinski definition) is 5. The average Bonchev–Trinajstić information content (AvgIpc) is 3.17. The fraction of sp³-hybridized carbons (Fsp3) is 0.667. The van der Waals surface area contributed by atoms with E-state index in [4.69, 9.17) is 11.6 Å². The van der Waals surface area contributed by atoms with Crippen molar-refractivity contribution in [3.05, 3.63) is 11.2 Å². The van der Waals surface area contributed by atoms with Gasteiger partial charge in [0.05, 0.1) is 12.8 Å². The number of anilines is 2. The third-order valence-corrected chi connectivity index (χ3v) is 3.48. The van der Waals surface area contributed by atoms with Crippen LogP contribution in [0.25, 0.3) is 0 Å². The summed E-state index contributed by atoms with van der Waals surface area (Å²) in [4.78, 5) is 8.44. The molecule has 2 rings (SSSR count). The molecule has 1 aliphatic carbocycles. The molecule has 6 heteroatoms. The van der Waals surface area contributed by atoms with Crippen molar-refractivity contribution in [1.82, 2.24) is 9.97 Å². The highest BCUT2D eigenvalue weighted by Crippen LogP contribution is 2.45. The van der Waals surface area contributed by atoms with E-state index >= 15 is 0 Å². The number of aliphatic hydroxyl groups excluding tert-OH is 1. The molecular formula is C12H19ClN4O. The lowest BCUT2D eigenvalue weighted by atomic mass is 10.1. The van der Waals surface area contributed by atoms with Crippen LogP contribution in [0.3, 0.4) is 0 Å². The van der Waals surface area contributed by atoms with Gasteiger partial charge in [0, 0.05) is 18.5 Å². The first-order valence-electron chi connectivity index (χ1n) is 6.30. The Labute approximate surface area is 112 Å². The maximum atomic E-state index is 9.26. The third kappa shape index (κ3) is 3.23. The van der Waals surface area contributed by atoms with Crippen LogP contribution in [0, 0.1) is 5.41 Å². The van der Waals surface area contributed by atoms with Gasteiger partial charge in [-0.25, -0.2) is 4.98 Å². The largest absolute Gasteiger partial charge is 0.396 e. The molecular weight excluding hydrogens is 252 g/mol. The zero-order chi connectivity index (χ0) is 13.0. The first-order valence-corrected chi connectivity index (χ1v) is 6.68. The number of nitrogens with one attached hydrogen (secondary N) is 2. The zero-order valence-corrected chi connectivity index (χ0v) is 11.3. The fourth-order valence-electron chi connectivity index (χ4n) is 1.65. The molecule has 0 atom stereocenters. The minimum atomic E-state index is 0.0330. The van der Waals surface area contributed by atoms with E-state index in [0.717, 1.165) is 25.8 Å². The molecule has 18 heavy (non-hydrogen) atoms. The minimum Gasteiger partial charge on any atom is -0.396 e. The SMILES string of the molecule is CCCNc1ncc(Cl)c(NCC2(CO)CC2)n1. The second-order valence-electron chi connectivity index (χ2n) is 4.83. The topological polar surface area (TPSA) is 70.1 Å². The normalized spacial score (nSPS) is 16.4. The van der Waals surface area contributed by atoms with Gasteiger partial charge in [0.15, 0.2) is 5.82 Å². The Kier molecular flexibility index (Phi) is 4.24. The van der Waals surface area contributed by atoms with E-state index in [1.54, 1.807) is 6.20 Å². The predicted octanol–water partition coefficient (Wildman–Crippen LogP) is 2.14. The summed E-state index contributed by atoms with van der Waals surface area (Å²) in [6.45, 7) is 3.83. The van der Waals surface area contributed by atoms with Crippen molar-refractivity contribution in [1.29, 1.82) is 0 Å². The van der Waals surface area contributed by atoms with Crippen LogP contribution in [0.1, 0.15) is 26.2 Å². The van der Waals surface area contributed by atoms with Gasteiger partial charge in [-0.15, -0.1) is 0 Å². The van der Waals surface area contributed by atoms with E-state index in [2.05, 4.69) is 27.5 Å². The van der Waals surface area contributed by atoms with Crippen molar-refractivity contribution >= 4 is 23.4 Å². The lowest BCUT2D eigenvalue weighted by molar-refractivity contribution is 0.219. The Morgan fingerprint density at radius 3 is 2.83 bits per heavy atom. The predicted molar refractivity (Wildman–Crippen MR) is 73.1 cm³/mol. The summed E-state index contributed by atoms with van der Waals surface area (Å²) in [7, 11) is 0. The van der Waals surface area contributed by atoms with E-state index in [1.807, 2.05) is 0 Å². The smallest absolute Gasteiger partial charge is 0.224 e. The van der Waals surface area contributed by atoms with Gasteiger partial charge in [0.2, 0.25) is 5.95 Å². The van der Waals surface area contributed by atoms with Crippen molar-refractivity contribution in [2.24, 2.45) is 5.41 Å². The van der Waals surface area contributed by atoms with Crippen LogP contribution in [0.2, 0.25) is 5.02 Å². The van der Waals surface area contributed by atoms with Crippen LogP contribution in [-0.2, 0) is 0 Å². The van der Waals surface area contributed by atoms with Crippen molar-refractivity contribution < 1.29 is 5.11 Å². The molecule has 1 saturated carbocycles. The highest BCUT2D eigenvalue weighted by atomic mass is 35.5. The summed E-state index contributed by atoms with van der Waals surface area (Å²) < 4.78 is 0. The van der Waals surface area contributed by atoms with Gasteiger partial charge < -0.3 is 15.7 Å². The number of aliphatic hydroxyl groups is 1. The Morgan fingerprint density at radius 1 is 1.44 bits per heavy atom. The molecule has 0 bridgehead atoms. The summed E-state index contributed by atoms with van der Waals surface area (Å²) in [5.74, 6) is 1.21. The number of halogens is 1. The molecule has 5 nitrogen and oxygen atoms in total. The van der Waals surface area contributed by atoms with Crippen molar-refractivity contribution in [2.45, 2.75) is 26.2 Å². The average molecular weight is 271 g/mol. The molecule has 0 unspecified atom stereocenters. The Bertz CT molecular complexity index is 409. The molecule has 0 aromatic carbocycles. The number of nitrogens with zero attached hydrogens (tertiary/aromatic N) is 2. The van der Waals surface area contributed by atoms with Gasteiger partial charge in [-0.05, 0) is 19.3 Å². The van der Waals surface area contributed by atoms with Crippen LogP contribution in [0.4, 0.5) is 11.8 Å². The first-order chi connectivity index (χ1) is 8.69. The summed E-state index contributed by atoms with van der Waals surface area (Å²) in [6.07, 6.45) is 4.72. The molecule has 1 heterocycles. The summed E-state index contributed by atoms with van der Waals surface area (Å²) >= 11 is 6.04. The Morgan fingerprint density at radius 2 is 2.22 bits per heavy atom. The standard InChI is InChI=1S/C12H19ClN4O/c1-2-5-14-11-15-6-9(13)10(17-11)16-7-12(8-18)3-4-12/h6,18H,2-5,7-8H2,1H3,(H2,14,15,16,17). The molecule has 0 amide bonds. The first kappa shape index (κ1) is 13.4. The van der Waals surface area contributed by atoms with Crippen LogP contribution in [0.15, 0.2) is 6.20 Å². The highest BCUT2D eigenvalue weighted by molar-refractivity contribution is 6.32. The van der Waals surface area contributed by atoms with Crippen LogP contribution in [-0.4, -0.2) is 34.8 Å². The molecule has 100 valence electrons. The quantitative estimate of drug-likeness (QED) is 0.708. The van der Waals surface area contributed by atoms with Gasteiger partial charge >= 0.3 is 0 Å². The van der Waals surface area contributed by atoms with Crippen LogP contribution in [0.5, 0.6) is 0 Å². The van der Waals surface area contributed by atoms with Gasteiger partial charge in [-0.3, -0.25) is 0 Å². The maximum absolute atomic E-state index is 9.26. The van der Waals surface area contributed by atoms with Gasteiger partial charge in [0.1, 0.15) is 5.02 Å². The molecule has 3 N–H and O–H groups in total. The monoisotopic (exact) mass is 270 g/mol. The van der Waals surface area contributed by atoms with Crippen molar-refractivity contribution in [2.75, 3.05) is 30.3 Å². The van der Waals surface area contributed by atoms with Gasteiger partial charge in [-0.2, -0.15) is 4.98 Å². The fourth-order valence-corrected chi connectivity index (χ4v) is 1.81. The van der Waals surface area contributed by atoms with E-state index in [-0.39, 0.29) is 12.0 Å².